The molecule has 0 aliphatic carbocycles. The third-order valence-electron chi connectivity index (χ3n) is 3.97. The number of hydrogen-bond donors (Lipinski definition) is 1. The molecule has 0 aliphatic rings. The van der Waals surface area contributed by atoms with Crippen molar-refractivity contribution in [2.45, 2.75) is 13.2 Å². The molecule has 0 saturated heterocycles. The average molecular weight is 445 g/mol. The van der Waals surface area contributed by atoms with Crippen LogP contribution in [0.2, 0.25) is 0 Å². The summed E-state index contributed by atoms with van der Waals surface area (Å²) >= 11 is 3.25. The minimum absolute atomic E-state index is 0.137. The first-order chi connectivity index (χ1) is 13.6. The number of nitrogens with zero attached hydrogens (tertiary/aromatic N) is 1. The molecule has 144 valence electrons. The first-order valence-electron chi connectivity index (χ1n) is 8.50. The number of amides is 1. The highest BCUT2D eigenvalue weighted by Crippen LogP contribution is 2.30. The van der Waals surface area contributed by atoms with E-state index in [1.165, 1.54) is 24.4 Å². The molecular weight excluding hydrogens is 427 g/mol. The van der Waals surface area contributed by atoms with Crippen molar-refractivity contribution in [2.24, 2.45) is 0 Å². The van der Waals surface area contributed by atoms with Gasteiger partial charge in [0.2, 0.25) is 5.88 Å². The Morgan fingerprint density at radius 2 is 1.93 bits per heavy atom. The predicted octanol–water partition coefficient (Wildman–Crippen LogP) is 4.85. The van der Waals surface area contributed by atoms with Gasteiger partial charge in [0.1, 0.15) is 17.1 Å². The summed E-state index contributed by atoms with van der Waals surface area (Å²) in [5, 5.41) is 2.88. The number of carbonyl (C=O) groups excluding carboxylic acids is 1. The van der Waals surface area contributed by atoms with E-state index >= 15 is 0 Å². The molecule has 1 N–H and O–H groups in total. The van der Waals surface area contributed by atoms with Gasteiger partial charge in [-0.2, -0.15) is 0 Å². The van der Waals surface area contributed by atoms with Gasteiger partial charge in [0, 0.05) is 19.9 Å². The minimum atomic E-state index is -0.395. The van der Waals surface area contributed by atoms with Crippen LogP contribution in [0.4, 0.5) is 4.39 Å². The highest BCUT2D eigenvalue weighted by molar-refractivity contribution is 9.10. The summed E-state index contributed by atoms with van der Waals surface area (Å²) in [6.45, 7) is 0.804. The van der Waals surface area contributed by atoms with Crippen LogP contribution in [-0.4, -0.2) is 18.0 Å². The highest BCUT2D eigenvalue weighted by Gasteiger charge is 2.16. The lowest BCUT2D eigenvalue weighted by Crippen LogP contribution is -2.24. The second-order valence-electron chi connectivity index (χ2n) is 5.92. The number of rotatable bonds is 7. The van der Waals surface area contributed by atoms with E-state index in [-0.39, 0.29) is 17.4 Å². The number of methoxy groups -OCH3 is 1. The van der Waals surface area contributed by atoms with E-state index in [2.05, 4.69) is 26.2 Å². The monoisotopic (exact) mass is 444 g/mol. The molecule has 0 radical (unpaired) electrons. The third-order valence-corrected chi connectivity index (χ3v) is 4.59. The van der Waals surface area contributed by atoms with E-state index in [9.17, 15) is 9.18 Å². The Balaban J connectivity index is 1.76. The Labute approximate surface area is 170 Å². The molecule has 5 nitrogen and oxygen atoms in total. The quantitative estimate of drug-likeness (QED) is 0.565. The van der Waals surface area contributed by atoms with Crippen molar-refractivity contribution in [3.63, 3.8) is 0 Å². The van der Waals surface area contributed by atoms with Crippen molar-refractivity contribution in [2.75, 3.05) is 7.11 Å². The molecule has 0 atom stereocenters. The van der Waals surface area contributed by atoms with E-state index < -0.39 is 5.82 Å². The molecule has 0 unspecified atom stereocenters. The van der Waals surface area contributed by atoms with Gasteiger partial charge in [-0.05, 0) is 57.4 Å². The normalized spacial score (nSPS) is 10.5. The largest absolute Gasteiger partial charge is 0.437 e. The van der Waals surface area contributed by atoms with E-state index in [4.69, 9.17) is 9.47 Å². The zero-order valence-corrected chi connectivity index (χ0v) is 16.7. The zero-order chi connectivity index (χ0) is 19.9. The Kier molecular flexibility index (Phi) is 6.73. The lowest BCUT2D eigenvalue weighted by atomic mass is 10.1. The zero-order valence-electron chi connectivity index (χ0n) is 15.1. The van der Waals surface area contributed by atoms with Gasteiger partial charge in [0.05, 0.1) is 11.1 Å². The Morgan fingerprint density at radius 1 is 1.14 bits per heavy atom. The molecule has 1 aromatic heterocycles. The molecular formula is C21H18BrFN2O3. The molecule has 0 saturated carbocycles. The number of pyridine rings is 1. The van der Waals surface area contributed by atoms with Crippen LogP contribution in [0.5, 0.6) is 11.6 Å². The van der Waals surface area contributed by atoms with Crippen LogP contribution in [0.3, 0.4) is 0 Å². The van der Waals surface area contributed by atoms with Gasteiger partial charge in [-0.1, -0.05) is 24.3 Å². The minimum Gasteiger partial charge on any atom is -0.437 e. The van der Waals surface area contributed by atoms with E-state index in [1.54, 1.807) is 19.2 Å². The van der Waals surface area contributed by atoms with Gasteiger partial charge in [-0.3, -0.25) is 4.79 Å². The standard InChI is InChI=1S/C21H18BrFN2O3/c1-27-13-15-6-3-2-5-14(15)12-25-20(26)17-7-4-10-24-21(17)28-19-9-8-16(23)11-18(19)22/h2-11H,12-13H2,1H3,(H,25,26). The summed E-state index contributed by atoms with van der Waals surface area (Å²) in [6.07, 6.45) is 1.53. The van der Waals surface area contributed by atoms with Crippen LogP contribution in [0.25, 0.3) is 0 Å². The fourth-order valence-electron chi connectivity index (χ4n) is 2.60. The molecule has 0 fully saturated rings. The second-order valence-corrected chi connectivity index (χ2v) is 6.77. The molecule has 1 amide bonds. The van der Waals surface area contributed by atoms with Gasteiger partial charge in [-0.15, -0.1) is 0 Å². The van der Waals surface area contributed by atoms with Crippen LogP contribution in [0, 0.1) is 5.82 Å². The van der Waals surface area contributed by atoms with Gasteiger partial charge in [-0.25, -0.2) is 9.37 Å². The summed E-state index contributed by atoms with van der Waals surface area (Å²) in [6, 6.07) is 15.0. The Hall–Kier alpha value is -2.77. The van der Waals surface area contributed by atoms with Crippen molar-refractivity contribution < 1.29 is 18.7 Å². The fourth-order valence-corrected chi connectivity index (χ4v) is 3.04. The summed E-state index contributed by atoms with van der Waals surface area (Å²) < 4.78 is 24.6. The Bertz CT molecular complexity index is 981. The summed E-state index contributed by atoms with van der Waals surface area (Å²) in [5.41, 5.74) is 2.25. The van der Waals surface area contributed by atoms with Gasteiger partial charge in [0.25, 0.3) is 5.91 Å². The summed E-state index contributed by atoms with van der Waals surface area (Å²) in [7, 11) is 1.63. The smallest absolute Gasteiger partial charge is 0.257 e. The summed E-state index contributed by atoms with van der Waals surface area (Å²) in [5.74, 6) is -0.224. The van der Waals surface area contributed by atoms with Crippen LogP contribution in [0.1, 0.15) is 21.5 Å². The van der Waals surface area contributed by atoms with E-state index in [1.807, 2.05) is 24.3 Å². The van der Waals surface area contributed by atoms with Crippen LogP contribution in [-0.2, 0) is 17.9 Å². The Morgan fingerprint density at radius 3 is 2.68 bits per heavy atom. The van der Waals surface area contributed by atoms with Crippen molar-refractivity contribution in [3.8, 4) is 11.6 Å². The van der Waals surface area contributed by atoms with Gasteiger partial charge in [0.15, 0.2) is 0 Å². The number of carbonyl (C=O) groups is 1. The fraction of sp³-hybridized carbons (Fsp3) is 0.143. The first-order valence-corrected chi connectivity index (χ1v) is 9.29. The maximum Gasteiger partial charge on any atom is 0.257 e. The SMILES string of the molecule is COCc1ccccc1CNC(=O)c1cccnc1Oc1ccc(F)cc1Br. The lowest BCUT2D eigenvalue weighted by Gasteiger charge is -2.13. The average Bonchev–Trinajstić information content (AvgIpc) is 2.70. The molecule has 3 aromatic rings. The van der Waals surface area contributed by atoms with Gasteiger partial charge >= 0.3 is 0 Å². The molecule has 2 aromatic carbocycles. The molecule has 7 heteroatoms. The van der Waals surface area contributed by atoms with Crippen molar-refractivity contribution >= 4 is 21.8 Å². The van der Waals surface area contributed by atoms with Crippen molar-refractivity contribution in [1.29, 1.82) is 0 Å². The van der Waals surface area contributed by atoms with Crippen molar-refractivity contribution in [3.05, 3.63) is 87.8 Å². The van der Waals surface area contributed by atoms with E-state index in [0.29, 0.717) is 23.4 Å². The molecule has 0 aliphatic heterocycles. The molecule has 0 spiro atoms. The number of benzene rings is 2. The van der Waals surface area contributed by atoms with Crippen LogP contribution in [0.15, 0.2) is 65.3 Å². The summed E-state index contributed by atoms with van der Waals surface area (Å²) in [4.78, 5) is 16.8. The first kappa shape index (κ1) is 20.0. The predicted molar refractivity (Wildman–Crippen MR) is 107 cm³/mol. The molecule has 0 bridgehead atoms. The lowest BCUT2D eigenvalue weighted by molar-refractivity contribution is 0.0947. The highest BCUT2D eigenvalue weighted by atomic mass is 79.9. The number of halogens is 2. The van der Waals surface area contributed by atoms with Crippen LogP contribution >= 0.6 is 15.9 Å². The molecule has 3 rings (SSSR count). The van der Waals surface area contributed by atoms with Crippen LogP contribution < -0.4 is 10.1 Å². The topological polar surface area (TPSA) is 60.5 Å². The molecule has 1 heterocycles. The molecule has 28 heavy (non-hydrogen) atoms. The second kappa shape index (κ2) is 9.43. The number of ether oxygens (including phenoxy) is 2. The van der Waals surface area contributed by atoms with Crippen molar-refractivity contribution in [1.82, 2.24) is 10.3 Å². The van der Waals surface area contributed by atoms with Gasteiger partial charge < -0.3 is 14.8 Å². The third kappa shape index (κ3) is 4.94. The van der Waals surface area contributed by atoms with E-state index in [0.717, 1.165) is 11.1 Å². The number of nitrogens with one attached hydrogen (secondary N) is 1. The maximum absolute atomic E-state index is 13.3. The number of hydrogen-bond acceptors (Lipinski definition) is 4. The number of aromatic nitrogens is 1. The maximum atomic E-state index is 13.3.